The zero-order valence-electron chi connectivity index (χ0n) is 9.73. The van der Waals surface area contributed by atoms with Gasteiger partial charge in [0, 0.05) is 6.04 Å². The number of nitrogens with zero attached hydrogens (tertiary/aromatic N) is 1. The minimum atomic E-state index is -3.60. The van der Waals surface area contributed by atoms with Gasteiger partial charge in [-0.3, -0.25) is 4.79 Å². The predicted molar refractivity (Wildman–Crippen MR) is 60.3 cm³/mol. The highest BCUT2D eigenvalue weighted by molar-refractivity contribution is 7.93. The molecule has 0 aromatic rings. The molecule has 0 aliphatic heterocycles. The van der Waals surface area contributed by atoms with E-state index in [1.807, 2.05) is 0 Å². The van der Waals surface area contributed by atoms with Crippen LogP contribution < -0.4 is 0 Å². The number of aliphatic carboxylic acids is 1. The molecule has 5 nitrogen and oxygen atoms in total. The maximum atomic E-state index is 12.1. The summed E-state index contributed by atoms with van der Waals surface area (Å²) in [6.45, 7) is 4.48. The molecular weight excluding hydrogens is 230 g/mol. The zero-order valence-corrected chi connectivity index (χ0v) is 10.5. The van der Waals surface area contributed by atoms with E-state index in [-0.39, 0.29) is 10.9 Å². The second-order valence-electron chi connectivity index (χ2n) is 4.23. The van der Waals surface area contributed by atoms with Gasteiger partial charge >= 0.3 is 5.97 Å². The lowest BCUT2D eigenvalue weighted by molar-refractivity contribution is -0.137. The average Bonchev–Trinajstić information content (AvgIpc) is 2.95. The van der Waals surface area contributed by atoms with Gasteiger partial charge < -0.3 is 5.11 Å². The summed E-state index contributed by atoms with van der Waals surface area (Å²) >= 11 is 0. The van der Waals surface area contributed by atoms with Crippen molar-refractivity contribution in [3.05, 3.63) is 10.5 Å². The first-order valence-electron chi connectivity index (χ1n) is 5.14. The van der Waals surface area contributed by atoms with Crippen molar-refractivity contribution in [2.75, 3.05) is 6.54 Å². The molecule has 0 amide bonds. The molecule has 0 radical (unpaired) electrons. The number of rotatable bonds is 5. The molecule has 0 saturated heterocycles. The van der Waals surface area contributed by atoms with Crippen molar-refractivity contribution < 1.29 is 18.3 Å². The summed E-state index contributed by atoms with van der Waals surface area (Å²) in [4.78, 5) is 10.9. The van der Waals surface area contributed by atoms with Crippen molar-refractivity contribution in [2.45, 2.75) is 39.7 Å². The zero-order chi connectivity index (χ0) is 12.5. The van der Waals surface area contributed by atoms with Crippen molar-refractivity contribution in [3.8, 4) is 0 Å². The summed E-state index contributed by atoms with van der Waals surface area (Å²) in [6, 6.07) is -0.129. The van der Waals surface area contributed by atoms with Crippen molar-refractivity contribution in [3.63, 3.8) is 0 Å². The van der Waals surface area contributed by atoms with Crippen molar-refractivity contribution in [1.82, 2.24) is 4.31 Å². The molecule has 1 rings (SSSR count). The van der Waals surface area contributed by atoms with E-state index in [4.69, 9.17) is 5.11 Å². The molecule has 0 bridgehead atoms. The monoisotopic (exact) mass is 247 g/mol. The minimum absolute atomic E-state index is 0.129. The van der Waals surface area contributed by atoms with Crippen LogP contribution in [0.2, 0.25) is 0 Å². The van der Waals surface area contributed by atoms with Crippen LogP contribution in [0, 0.1) is 0 Å². The molecule has 0 spiro atoms. The van der Waals surface area contributed by atoms with Crippen LogP contribution in [0.25, 0.3) is 0 Å². The van der Waals surface area contributed by atoms with Gasteiger partial charge in [0.15, 0.2) is 0 Å². The lowest BCUT2D eigenvalue weighted by Gasteiger charge is -2.20. The third-order valence-electron chi connectivity index (χ3n) is 2.65. The van der Waals surface area contributed by atoms with Gasteiger partial charge in [-0.15, -0.1) is 0 Å². The van der Waals surface area contributed by atoms with Crippen molar-refractivity contribution in [1.29, 1.82) is 0 Å². The summed E-state index contributed by atoms with van der Waals surface area (Å²) in [5.41, 5.74) is 0.691. The van der Waals surface area contributed by atoms with Gasteiger partial charge in [0.2, 0.25) is 10.0 Å². The molecular formula is C10H17NO4S. The summed E-state index contributed by atoms with van der Waals surface area (Å²) < 4.78 is 25.3. The Morgan fingerprint density at radius 2 is 1.81 bits per heavy atom. The lowest BCUT2D eigenvalue weighted by atomic mass is 10.3. The van der Waals surface area contributed by atoms with Gasteiger partial charge in [0.05, 0.1) is 4.91 Å². The fraction of sp³-hybridized carbons (Fsp3) is 0.700. The van der Waals surface area contributed by atoms with Gasteiger partial charge in [-0.1, -0.05) is 5.57 Å². The molecule has 16 heavy (non-hydrogen) atoms. The Kier molecular flexibility index (Phi) is 3.75. The van der Waals surface area contributed by atoms with Gasteiger partial charge in [0.1, 0.15) is 6.54 Å². The number of sulfonamides is 1. The molecule has 1 aliphatic carbocycles. The highest BCUT2D eigenvalue weighted by Gasteiger charge is 2.39. The topological polar surface area (TPSA) is 74.7 Å². The molecule has 0 heterocycles. The first-order chi connectivity index (χ1) is 7.26. The van der Waals surface area contributed by atoms with E-state index in [1.54, 1.807) is 13.8 Å². The summed E-state index contributed by atoms with van der Waals surface area (Å²) in [6.07, 6.45) is 1.51. The van der Waals surface area contributed by atoms with E-state index in [0.717, 1.165) is 17.1 Å². The standard InChI is InChI=1S/C10H17NO4S/c1-7(2)8(3)16(14,15)11(6-10(12)13)9-4-5-9/h9H,4-6H2,1-3H3,(H,12,13). The Hall–Kier alpha value is -0.880. The number of carboxylic acid groups (broad SMARTS) is 1. The van der Waals surface area contributed by atoms with Crippen LogP contribution in [-0.4, -0.2) is 36.4 Å². The number of hydrogen-bond acceptors (Lipinski definition) is 3. The molecule has 0 unspecified atom stereocenters. The Bertz CT molecular complexity index is 416. The fourth-order valence-electron chi connectivity index (χ4n) is 1.34. The van der Waals surface area contributed by atoms with E-state index in [2.05, 4.69) is 0 Å². The van der Waals surface area contributed by atoms with Gasteiger partial charge in [-0.25, -0.2) is 8.42 Å². The maximum Gasteiger partial charge on any atom is 0.318 e. The van der Waals surface area contributed by atoms with E-state index >= 15 is 0 Å². The quantitative estimate of drug-likeness (QED) is 0.791. The predicted octanol–water partition coefficient (Wildman–Crippen LogP) is 1.18. The molecule has 92 valence electrons. The lowest BCUT2D eigenvalue weighted by Crippen LogP contribution is -2.37. The average molecular weight is 247 g/mol. The minimum Gasteiger partial charge on any atom is -0.480 e. The van der Waals surface area contributed by atoms with E-state index in [9.17, 15) is 13.2 Å². The highest BCUT2D eigenvalue weighted by Crippen LogP contribution is 2.31. The molecule has 1 saturated carbocycles. The summed E-state index contributed by atoms with van der Waals surface area (Å²) in [5, 5.41) is 8.72. The van der Waals surface area contributed by atoms with Crippen LogP contribution in [0.3, 0.4) is 0 Å². The third kappa shape index (κ3) is 2.82. The molecule has 0 aromatic heterocycles. The van der Waals surface area contributed by atoms with E-state index < -0.39 is 22.5 Å². The largest absolute Gasteiger partial charge is 0.480 e. The van der Waals surface area contributed by atoms with E-state index in [1.165, 1.54) is 6.92 Å². The first kappa shape index (κ1) is 13.2. The number of hydrogen-bond donors (Lipinski definition) is 1. The number of allylic oxidation sites excluding steroid dienone is 2. The van der Waals surface area contributed by atoms with Crippen LogP contribution in [0.15, 0.2) is 10.5 Å². The Morgan fingerprint density at radius 1 is 1.31 bits per heavy atom. The summed E-state index contributed by atoms with van der Waals surface area (Å²) in [7, 11) is -3.60. The Labute approximate surface area is 95.8 Å². The fourth-order valence-corrected chi connectivity index (χ4v) is 3.09. The van der Waals surface area contributed by atoms with Crippen LogP contribution in [0.1, 0.15) is 33.6 Å². The maximum absolute atomic E-state index is 12.1. The highest BCUT2D eigenvalue weighted by atomic mass is 32.2. The van der Waals surface area contributed by atoms with Crippen LogP contribution >= 0.6 is 0 Å². The van der Waals surface area contributed by atoms with Crippen LogP contribution in [-0.2, 0) is 14.8 Å². The summed E-state index contributed by atoms with van der Waals surface area (Å²) in [5.74, 6) is -1.11. The van der Waals surface area contributed by atoms with Crippen LogP contribution in [0.5, 0.6) is 0 Å². The van der Waals surface area contributed by atoms with Crippen molar-refractivity contribution >= 4 is 16.0 Å². The molecule has 0 aromatic carbocycles. The molecule has 0 atom stereocenters. The van der Waals surface area contributed by atoms with Crippen molar-refractivity contribution in [2.24, 2.45) is 0 Å². The smallest absolute Gasteiger partial charge is 0.318 e. The van der Waals surface area contributed by atoms with Gasteiger partial charge in [-0.2, -0.15) is 4.31 Å². The second kappa shape index (κ2) is 4.55. The van der Waals surface area contributed by atoms with Gasteiger partial charge in [-0.05, 0) is 33.6 Å². The van der Waals surface area contributed by atoms with Gasteiger partial charge in [0.25, 0.3) is 0 Å². The molecule has 6 heteroatoms. The molecule has 1 aliphatic rings. The Balaban J connectivity index is 3.02. The second-order valence-corrected chi connectivity index (χ2v) is 6.26. The molecule has 1 fully saturated rings. The molecule has 1 N–H and O–H groups in total. The third-order valence-corrected chi connectivity index (χ3v) is 4.87. The normalized spacial score (nSPS) is 16.2. The number of carboxylic acids is 1. The Morgan fingerprint density at radius 3 is 2.12 bits per heavy atom. The SMILES string of the molecule is CC(C)=C(C)S(=O)(=O)N(CC(=O)O)C1CC1. The van der Waals surface area contributed by atoms with Crippen LogP contribution in [0.4, 0.5) is 0 Å². The van der Waals surface area contributed by atoms with E-state index in [0.29, 0.717) is 5.57 Å². The first-order valence-corrected chi connectivity index (χ1v) is 6.58. The number of carbonyl (C=O) groups is 1.